The Morgan fingerprint density at radius 1 is 1.15 bits per heavy atom. The van der Waals surface area contributed by atoms with Gasteiger partial charge in [-0.25, -0.2) is 13.4 Å². The highest BCUT2D eigenvalue weighted by Gasteiger charge is 2.28. The van der Waals surface area contributed by atoms with Crippen LogP contribution in [0.3, 0.4) is 0 Å². The number of nitrogens with zero attached hydrogens (tertiary/aromatic N) is 3. The Hall–Kier alpha value is -3.00. The summed E-state index contributed by atoms with van der Waals surface area (Å²) in [5.74, 6) is -0.243. The van der Waals surface area contributed by atoms with Gasteiger partial charge in [-0.3, -0.25) is 14.1 Å². The maximum atomic E-state index is 12.6. The predicted molar refractivity (Wildman–Crippen MR) is 104 cm³/mol. The SMILES string of the molecule is Cc1ccc(N2CCCS2(=O)=O)cc1NC(=O)c1cnc2ccccc2n1. The Morgan fingerprint density at radius 2 is 1.93 bits per heavy atom. The van der Waals surface area contributed by atoms with E-state index in [1.54, 1.807) is 24.3 Å². The molecule has 4 rings (SSSR count). The summed E-state index contributed by atoms with van der Waals surface area (Å²) in [5.41, 5.74) is 3.49. The number of anilines is 2. The van der Waals surface area contributed by atoms with E-state index in [-0.39, 0.29) is 11.4 Å². The molecule has 0 bridgehead atoms. The molecule has 3 aromatic rings. The minimum atomic E-state index is -3.28. The highest BCUT2D eigenvalue weighted by atomic mass is 32.2. The summed E-state index contributed by atoms with van der Waals surface area (Å²) < 4.78 is 25.7. The van der Waals surface area contributed by atoms with Crippen molar-refractivity contribution in [3.63, 3.8) is 0 Å². The molecule has 1 amide bonds. The van der Waals surface area contributed by atoms with E-state index in [0.717, 1.165) is 5.56 Å². The van der Waals surface area contributed by atoms with Gasteiger partial charge >= 0.3 is 0 Å². The zero-order chi connectivity index (χ0) is 19.0. The van der Waals surface area contributed by atoms with Crippen molar-refractivity contribution in [2.24, 2.45) is 0 Å². The van der Waals surface area contributed by atoms with Crippen molar-refractivity contribution in [1.29, 1.82) is 0 Å². The summed E-state index contributed by atoms with van der Waals surface area (Å²) in [5, 5.41) is 2.82. The van der Waals surface area contributed by atoms with E-state index in [0.29, 0.717) is 35.4 Å². The van der Waals surface area contributed by atoms with Gasteiger partial charge in [0.1, 0.15) is 5.69 Å². The molecule has 0 unspecified atom stereocenters. The van der Waals surface area contributed by atoms with Crippen molar-refractivity contribution in [1.82, 2.24) is 9.97 Å². The standard InChI is InChI=1S/C19H18N4O3S/c1-13-7-8-14(23-9-4-10-27(23,25)26)11-17(13)22-19(24)18-12-20-15-5-2-3-6-16(15)21-18/h2-3,5-8,11-12H,4,9-10H2,1H3,(H,22,24). The number of rotatable bonds is 3. The average Bonchev–Trinajstić information content (AvgIpc) is 3.02. The molecule has 0 radical (unpaired) electrons. The third-order valence-corrected chi connectivity index (χ3v) is 6.41. The highest BCUT2D eigenvalue weighted by molar-refractivity contribution is 7.93. The van der Waals surface area contributed by atoms with E-state index < -0.39 is 15.9 Å². The van der Waals surface area contributed by atoms with Crippen molar-refractivity contribution in [3.05, 3.63) is 59.9 Å². The van der Waals surface area contributed by atoms with E-state index in [2.05, 4.69) is 15.3 Å². The molecule has 0 saturated carbocycles. The molecule has 138 valence electrons. The lowest BCUT2D eigenvalue weighted by Gasteiger charge is -2.19. The molecule has 0 atom stereocenters. The molecule has 1 N–H and O–H groups in total. The van der Waals surface area contributed by atoms with Gasteiger partial charge < -0.3 is 5.32 Å². The lowest BCUT2D eigenvalue weighted by Crippen LogP contribution is -2.25. The van der Waals surface area contributed by atoms with E-state index in [1.165, 1.54) is 10.5 Å². The maximum absolute atomic E-state index is 12.6. The molecule has 0 aliphatic carbocycles. The molecule has 27 heavy (non-hydrogen) atoms. The van der Waals surface area contributed by atoms with Crippen LogP contribution in [-0.4, -0.2) is 36.6 Å². The van der Waals surface area contributed by atoms with Gasteiger partial charge in [-0.2, -0.15) is 0 Å². The van der Waals surface area contributed by atoms with Crippen LogP contribution in [0.1, 0.15) is 22.5 Å². The largest absolute Gasteiger partial charge is 0.320 e. The van der Waals surface area contributed by atoms with Crippen molar-refractivity contribution in [3.8, 4) is 0 Å². The van der Waals surface area contributed by atoms with Crippen LogP contribution in [-0.2, 0) is 10.0 Å². The van der Waals surface area contributed by atoms with Gasteiger partial charge in [-0.1, -0.05) is 18.2 Å². The zero-order valence-corrected chi connectivity index (χ0v) is 15.5. The molecule has 7 nitrogen and oxygen atoms in total. The van der Waals surface area contributed by atoms with Crippen molar-refractivity contribution in [2.75, 3.05) is 21.9 Å². The molecule has 1 aromatic heterocycles. The molecule has 1 aliphatic heterocycles. The fourth-order valence-corrected chi connectivity index (χ4v) is 4.64. The summed E-state index contributed by atoms with van der Waals surface area (Å²) in [6, 6.07) is 12.6. The number of carbonyl (C=O) groups is 1. The van der Waals surface area contributed by atoms with Crippen LogP contribution < -0.4 is 9.62 Å². The van der Waals surface area contributed by atoms with Gasteiger partial charge in [0.05, 0.1) is 28.7 Å². The second kappa shape index (κ2) is 6.62. The molecule has 1 saturated heterocycles. The Balaban J connectivity index is 1.63. The summed E-state index contributed by atoms with van der Waals surface area (Å²) in [4.78, 5) is 21.2. The molecular formula is C19H18N4O3S. The number of para-hydroxylation sites is 2. The van der Waals surface area contributed by atoms with Crippen LogP contribution in [0, 0.1) is 6.92 Å². The van der Waals surface area contributed by atoms with E-state index in [4.69, 9.17) is 0 Å². The summed E-state index contributed by atoms with van der Waals surface area (Å²) >= 11 is 0. The summed E-state index contributed by atoms with van der Waals surface area (Å²) in [7, 11) is -3.28. The van der Waals surface area contributed by atoms with E-state index in [9.17, 15) is 13.2 Å². The summed E-state index contributed by atoms with van der Waals surface area (Å²) in [6.45, 7) is 2.30. The highest BCUT2D eigenvalue weighted by Crippen LogP contribution is 2.28. The number of sulfonamides is 1. The van der Waals surface area contributed by atoms with Crippen LogP contribution in [0.4, 0.5) is 11.4 Å². The van der Waals surface area contributed by atoms with Crippen LogP contribution >= 0.6 is 0 Å². The second-order valence-corrected chi connectivity index (χ2v) is 8.45. The van der Waals surface area contributed by atoms with Crippen LogP contribution in [0.5, 0.6) is 0 Å². The molecular weight excluding hydrogens is 364 g/mol. The summed E-state index contributed by atoms with van der Waals surface area (Å²) in [6.07, 6.45) is 2.03. The molecule has 8 heteroatoms. The van der Waals surface area contributed by atoms with Crippen LogP contribution in [0.2, 0.25) is 0 Å². The molecule has 1 fully saturated rings. The first-order chi connectivity index (χ1) is 12.9. The maximum Gasteiger partial charge on any atom is 0.275 e. The van der Waals surface area contributed by atoms with E-state index >= 15 is 0 Å². The Bertz CT molecular complexity index is 1140. The predicted octanol–water partition coefficient (Wildman–Crippen LogP) is 2.73. The number of aryl methyl sites for hydroxylation is 1. The van der Waals surface area contributed by atoms with Gasteiger partial charge in [0.25, 0.3) is 5.91 Å². The molecule has 1 aliphatic rings. The topological polar surface area (TPSA) is 92.3 Å². The Morgan fingerprint density at radius 3 is 2.67 bits per heavy atom. The first kappa shape index (κ1) is 17.4. The fourth-order valence-electron chi connectivity index (χ4n) is 3.08. The third kappa shape index (κ3) is 3.35. The monoisotopic (exact) mass is 382 g/mol. The Kier molecular flexibility index (Phi) is 4.27. The molecule has 2 heterocycles. The first-order valence-electron chi connectivity index (χ1n) is 8.58. The van der Waals surface area contributed by atoms with Crippen LogP contribution in [0.15, 0.2) is 48.7 Å². The molecule has 2 aromatic carbocycles. The minimum absolute atomic E-state index is 0.148. The number of nitrogens with one attached hydrogen (secondary N) is 1. The zero-order valence-electron chi connectivity index (χ0n) is 14.7. The van der Waals surface area contributed by atoms with Crippen molar-refractivity contribution in [2.45, 2.75) is 13.3 Å². The van der Waals surface area contributed by atoms with Crippen molar-refractivity contribution >= 4 is 38.3 Å². The van der Waals surface area contributed by atoms with Crippen LogP contribution in [0.25, 0.3) is 11.0 Å². The second-order valence-electron chi connectivity index (χ2n) is 6.44. The normalized spacial score (nSPS) is 15.8. The quantitative estimate of drug-likeness (QED) is 0.752. The number of aromatic nitrogens is 2. The van der Waals surface area contributed by atoms with Gasteiger partial charge in [-0.15, -0.1) is 0 Å². The lowest BCUT2D eigenvalue weighted by atomic mass is 10.1. The van der Waals surface area contributed by atoms with Gasteiger partial charge in [0, 0.05) is 12.2 Å². The first-order valence-corrected chi connectivity index (χ1v) is 10.2. The third-order valence-electron chi connectivity index (χ3n) is 4.54. The number of benzene rings is 2. The van der Waals surface area contributed by atoms with Crippen molar-refractivity contribution < 1.29 is 13.2 Å². The Labute approximate surface area is 157 Å². The number of hydrogen-bond donors (Lipinski definition) is 1. The number of hydrogen-bond acceptors (Lipinski definition) is 5. The molecule has 0 spiro atoms. The number of carbonyl (C=O) groups excluding carboxylic acids is 1. The lowest BCUT2D eigenvalue weighted by molar-refractivity contribution is 0.102. The smallest absolute Gasteiger partial charge is 0.275 e. The number of fused-ring (bicyclic) bond motifs is 1. The average molecular weight is 382 g/mol. The van der Waals surface area contributed by atoms with Gasteiger partial charge in [0.15, 0.2) is 0 Å². The number of amides is 1. The van der Waals surface area contributed by atoms with Gasteiger partial charge in [0.2, 0.25) is 10.0 Å². The fraction of sp³-hybridized carbons (Fsp3) is 0.211. The minimum Gasteiger partial charge on any atom is -0.320 e. The van der Waals surface area contributed by atoms with E-state index in [1.807, 2.05) is 25.1 Å². The van der Waals surface area contributed by atoms with Gasteiger partial charge in [-0.05, 0) is 43.2 Å².